The van der Waals surface area contributed by atoms with Gasteiger partial charge in [-0.1, -0.05) is 212 Å². The van der Waals surface area contributed by atoms with Gasteiger partial charge in [-0.15, -0.1) is 0 Å². The molecule has 0 spiro atoms. The maximum Gasteiger partial charge on any atom is 0.338 e. The van der Waals surface area contributed by atoms with Crippen LogP contribution in [0, 0.1) is 29.2 Å². The number of nitriles is 2. The molecular formula is C98H62N8O8. The lowest BCUT2D eigenvalue weighted by atomic mass is 9.98. The summed E-state index contributed by atoms with van der Waals surface area (Å²) in [6.07, 6.45) is 0. The van der Waals surface area contributed by atoms with E-state index in [1.54, 1.807) is 72.8 Å². The van der Waals surface area contributed by atoms with Crippen LogP contribution in [0.5, 0.6) is 0 Å². The second-order valence-electron chi connectivity index (χ2n) is 27.2. The highest BCUT2D eigenvalue weighted by Crippen LogP contribution is 2.43. The fourth-order valence-corrected chi connectivity index (χ4v) is 14.3. The van der Waals surface area contributed by atoms with Gasteiger partial charge in [-0.3, -0.25) is 0 Å². The molecule has 0 saturated carbocycles. The Morgan fingerprint density at radius 3 is 0.991 bits per heavy atom. The van der Waals surface area contributed by atoms with E-state index in [1.165, 1.54) is 0 Å². The lowest BCUT2D eigenvalue weighted by Gasteiger charge is -2.18. The van der Waals surface area contributed by atoms with Crippen LogP contribution in [0.25, 0.3) is 127 Å². The van der Waals surface area contributed by atoms with Crippen LogP contribution < -0.4 is 0 Å². The average molecular weight is 1480 g/mol. The molecule has 14 aromatic carbocycles. The van der Waals surface area contributed by atoms with Crippen LogP contribution in [0.1, 0.15) is 74.8 Å². The molecule has 0 aliphatic carbocycles. The number of hydrogen-bond acceptors (Lipinski definition) is 13. The van der Waals surface area contributed by atoms with Gasteiger partial charge in [0.25, 0.3) is 0 Å². The van der Waals surface area contributed by atoms with E-state index in [2.05, 4.69) is 26.1 Å². The number of esters is 4. The number of nitrogens with zero attached hydrogens (tertiary/aromatic N) is 8. The highest BCUT2D eigenvalue weighted by molar-refractivity contribution is 6.15. The van der Waals surface area contributed by atoms with Gasteiger partial charge in [-0.2, -0.15) is 10.5 Å². The lowest BCUT2D eigenvalue weighted by Crippen LogP contribution is -2.05. The van der Waals surface area contributed by atoms with Gasteiger partial charge in [0.05, 0.1) is 85.5 Å². The number of rotatable bonds is 20. The molecule has 0 aliphatic heterocycles. The summed E-state index contributed by atoms with van der Waals surface area (Å²) in [7, 11) is 0. The van der Waals surface area contributed by atoms with Crippen molar-refractivity contribution in [3.05, 3.63) is 395 Å². The van der Waals surface area contributed by atoms with Gasteiger partial charge in [-0.25, -0.2) is 39.0 Å². The van der Waals surface area contributed by atoms with Gasteiger partial charge in [-0.05, 0) is 160 Å². The Labute approximate surface area is 654 Å². The van der Waals surface area contributed by atoms with Gasteiger partial charge < -0.3 is 28.1 Å². The molecule has 114 heavy (non-hydrogen) atoms. The normalized spacial score (nSPS) is 11.1. The van der Waals surface area contributed by atoms with E-state index in [-0.39, 0.29) is 60.3 Å². The third-order valence-corrected chi connectivity index (χ3v) is 20.0. The minimum Gasteiger partial charge on any atom is -0.457 e. The van der Waals surface area contributed by atoms with Gasteiger partial charge in [0.2, 0.25) is 0 Å². The summed E-state index contributed by atoms with van der Waals surface area (Å²) in [4.78, 5) is 76.8. The summed E-state index contributed by atoms with van der Waals surface area (Å²) in [5.74, 6) is -1.34. The number of carbonyl (C=O) groups is 4. The number of aromatic nitrogens is 5. The second kappa shape index (κ2) is 31.3. The van der Waals surface area contributed by atoms with Gasteiger partial charge >= 0.3 is 23.9 Å². The number of fused-ring (bicyclic) bond motifs is 6. The van der Waals surface area contributed by atoms with Crippen molar-refractivity contribution in [2.75, 3.05) is 0 Å². The second-order valence-corrected chi connectivity index (χ2v) is 27.2. The molecular weight excluding hydrogens is 1420 g/mol. The zero-order valence-electron chi connectivity index (χ0n) is 60.8. The molecule has 17 rings (SSSR count). The smallest absolute Gasteiger partial charge is 0.338 e. The van der Waals surface area contributed by atoms with E-state index in [4.69, 9.17) is 40.5 Å². The number of carbonyl (C=O) groups excluding carboxylic acids is 4. The Balaban J connectivity index is 0.862. The molecule has 0 fully saturated rings. The highest BCUT2D eigenvalue weighted by Gasteiger charge is 2.26. The topological polar surface area (TPSA) is 206 Å². The van der Waals surface area contributed by atoms with Gasteiger partial charge in [0.15, 0.2) is 23.2 Å². The van der Waals surface area contributed by atoms with E-state index in [9.17, 15) is 29.7 Å². The Kier molecular flexibility index (Phi) is 19.5. The summed E-state index contributed by atoms with van der Waals surface area (Å²) >= 11 is 0. The van der Waals surface area contributed by atoms with Crippen molar-refractivity contribution in [3.8, 4) is 91.1 Å². The minimum absolute atomic E-state index is 0.0430. The molecule has 16 nitrogen and oxygen atoms in total. The monoisotopic (exact) mass is 1480 g/mol. The fraction of sp³-hybridized carbons (Fsp3) is 0.0408. The minimum atomic E-state index is -0.548. The average Bonchev–Trinajstić information content (AvgIpc) is 1.57. The van der Waals surface area contributed by atoms with Gasteiger partial charge in [0.1, 0.15) is 26.4 Å². The molecule has 0 atom stereocenters. The summed E-state index contributed by atoms with van der Waals surface area (Å²) in [6, 6.07) is 105. The number of hydrogen-bond donors (Lipinski definition) is 0. The predicted octanol–water partition coefficient (Wildman–Crippen LogP) is 21.8. The molecule has 0 radical (unpaired) electrons. The summed E-state index contributed by atoms with van der Waals surface area (Å²) in [6.45, 7) is 8.33. The maximum absolute atomic E-state index is 14.2. The molecule has 0 saturated heterocycles. The first-order valence-corrected chi connectivity index (χ1v) is 36.6. The molecule has 3 heterocycles. The van der Waals surface area contributed by atoms with E-state index in [0.717, 1.165) is 38.9 Å². The lowest BCUT2D eigenvalue weighted by molar-refractivity contribution is 0.0464. The van der Waals surface area contributed by atoms with Gasteiger partial charge in [0, 0.05) is 49.4 Å². The van der Waals surface area contributed by atoms with Crippen molar-refractivity contribution in [1.29, 1.82) is 10.5 Å². The Bertz CT molecular complexity index is 6200. The molecule has 542 valence electrons. The van der Waals surface area contributed by atoms with Crippen LogP contribution in [0.15, 0.2) is 328 Å². The summed E-state index contributed by atoms with van der Waals surface area (Å²) in [5.41, 5.74) is 16.1. The van der Waals surface area contributed by atoms with Crippen molar-refractivity contribution < 1.29 is 38.1 Å². The quantitative estimate of drug-likeness (QED) is 0.0396. The first-order chi connectivity index (χ1) is 56.0. The van der Waals surface area contributed by atoms with Crippen molar-refractivity contribution in [1.82, 2.24) is 24.1 Å². The standard InChI is InChI=1S/C98H62N8O8/c1-101-79-27-15-26-72(49-79)81-43-37-74(55-91(81)106-88-46-40-77(97(109)113-60-65-20-10-4-11-21-65)52-84(88)85-53-78(41-47-89(85)106)98(110)114-61-66-22-12-5-13-23-66)94-103-92(70-34-32-69(33-35-70)68-30-28-62(56-99)29-31-68)102-93(104-94)73-36-42-80(71-25-14-24-67(48-71)57-100)90(54-73)105-86-44-38-75(95(107)111-58-63-16-6-2-7-17-63)50-82(86)83-51-76(39-45-87(83)105)96(108)112-59-64-18-8-3-9-19-64/h2-55H,58-61H2. The maximum atomic E-state index is 14.2. The number of benzene rings is 14. The fourth-order valence-electron chi connectivity index (χ4n) is 14.3. The van der Waals surface area contributed by atoms with Crippen molar-refractivity contribution in [3.63, 3.8) is 0 Å². The molecule has 16 heteroatoms. The first kappa shape index (κ1) is 71.0. The Hall–Kier alpha value is -16.0. The molecule has 17 aromatic rings. The van der Waals surface area contributed by atoms with E-state index >= 15 is 0 Å². The van der Waals surface area contributed by atoms with Crippen LogP contribution in [0.4, 0.5) is 5.69 Å². The largest absolute Gasteiger partial charge is 0.457 e. The molecule has 0 aliphatic rings. The first-order valence-electron chi connectivity index (χ1n) is 36.6. The number of ether oxygens (including phenoxy) is 4. The van der Waals surface area contributed by atoms with Crippen molar-refractivity contribution >= 4 is 73.2 Å². The third kappa shape index (κ3) is 14.6. The summed E-state index contributed by atoms with van der Waals surface area (Å²) < 4.78 is 27.8. The van der Waals surface area contributed by atoms with Crippen molar-refractivity contribution in [2.45, 2.75) is 26.4 Å². The van der Waals surface area contributed by atoms with E-state index in [0.29, 0.717) is 111 Å². The zero-order valence-corrected chi connectivity index (χ0v) is 60.8. The van der Waals surface area contributed by atoms with Crippen LogP contribution >= 0.6 is 0 Å². The molecule has 0 unspecified atom stereocenters. The van der Waals surface area contributed by atoms with Crippen LogP contribution in [0.2, 0.25) is 0 Å². The summed E-state index contributed by atoms with van der Waals surface area (Å²) in [5, 5.41) is 22.6. The Morgan fingerprint density at radius 1 is 0.307 bits per heavy atom. The van der Waals surface area contributed by atoms with Crippen LogP contribution in [-0.2, 0) is 45.4 Å². The van der Waals surface area contributed by atoms with Crippen LogP contribution in [0.3, 0.4) is 0 Å². The Morgan fingerprint density at radius 2 is 0.632 bits per heavy atom. The van der Waals surface area contributed by atoms with Crippen molar-refractivity contribution in [2.24, 2.45) is 0 Å². The SMILES string of the molecule is [C-]#[N+]c1cccc(-c2ccc(-c3nc(-c4ccc(-c5ccc(C#N)cc5)cc4)nc(-c4ccc(-c5cccc(C#N)c5)c(-n5c6ccc(C(=O)OCc7ccccc7)cc6c6cc(C(=O)OCc7ccccc7)ccc65)c4)n3)cc2-n2c3ccc(C(=O)OCc4ccccc4)cc3c3cc(C(=O)OCc4ccccc4)ccc32)c1. The molecule has 0 amide bonds. The highest BCUT2D eigenvalue weighted by atomic mass is 16.5. The molecule has 0 N–H and O–H groups in total. The molecule has 0 bridgehead atoms. The zero-order chi connectivity index (χ0) is 77.6. The molecule has 3 aromatic heterocycles. The predicted molar refractivity (Wildman–Crippen MR) is 439 cm³/mol. The third-order valence-electron chi connectivity index (χ3n) is 20.0. The van der Waals surface area contributed by atoms with E-state index in [1.807, 2.05) is 255 Å². The van der Waals surface area contributed by atoms with Crippen LogP contribution in [-0.4, -0.2) is 48.0 Å². The van der Waals surface area contributed by atoms with E-state index < -0.39 is 23.9 Å².